The largest absolute Gasteiger partial charge is 0.486 e. The van der Waals surface area contributed by atoms with Crippen molar-refractivity contribution in [2.45, 2.75) is 0 Å². The fraction of sp³-hybridized carbons (Fsp3) is 0.0667. The maximum Gasteiger partial charge on any atom is 0.157 e. The molecule has 0 spiro atoms. The Morgan fingerprint density at radius 1 is 1.05 bits per heavy atom. The molecule has 0 aliphatic heterocycles. The molecule has 0 saturated carbocycles. The molecule has 0 bridgehead atoms. The quantitative estimate of drug-likeness (QED) is 0.579. The van der Waals surface area contributed by atoms with Crippen molar-refractivity contribution in [3.63, 3.8) is 0 Å². The fourth-order valence-corrected chi connectivity index (χ4v) is 2.29. The monoisotopic (exact) mass is 380 g/mol. The van der Waals surface area contributed by atoms with E-state index in [1.54, 1.807) is 6.07 Å². The van der Waals surface area contributed by atoms with Gasteiger partial charge in [0.05, 0.1) is 10.0 Å². The van der Waals surface area contributed by atoms with Crippen LogP contribution >= 0.6 is 46.4 Å². The highest BCUT2D eigenvalue weighted by Gasteiger charge is 2.11. The van der Waals surface area contributed by atoms with Crippen LogP contribution in [0.25, 0.3) is 0 Å². The van der Waals surface area contributed by atoms with E-state index >= 15 is 0 Å². The van der Waals surface area contributed by atoms with Crippen LogP contribution in [-0.4, -0.2) is 6.61 Å². The van der Waals surface area contributed by atoms with Gasteiger partial charge in [0.15, 0.2) is 5.75 Å². The van der Waals surface area contributed by atoms with Crippen molar-refractivity contribution in [1.82, 2.24) is 0 Å². The van der Waals surface area contributed by atoms with Crippen LogP contribution in [0.3, 0.4) is 0 Å². The summed E-state index contributed by atoms with van der Waals surface area (Å²) in [4.78, 5) is 0. The van der Waals surface area contributed by atoms with E-state index in [0.717, 1.165) is 0 Å². The predicted octanol–water partition coefficient (Wildman–Crippen LogP) is 6.62. The first-order chi connectivity index (χ1) is 10.5. The Morgan fingerprint density at radius 2 is 1.73 bits per heavy atom. The Hall–Kier alpha value is -1.13. The number of benzene rings is 2. The minimum absolute atomic E-state index is 0.0818. The SMILES string of the molecule is Fc1cccc(Oc2cc(Cl)c(OCC=C(Cl)Cl)c(Cl)c2)c1. The zero-order valence-corrected chi connectivity index (χ0v) is 14.0. The molecule has 0 radical (unpaired) electrons. The van der Waals surface area contributed by atoms with E-state index in [2.05, 4.69) is 0 Å². The lowest BCUT2D eigenvalue weighted by Gasteiger charge is -2.11. The van der Waals surface area contributed by atoms with Crippen LogP contribution in [0.4, 0.5) is 4.39 Å². The predicted molar refractivity (Wildman–Crippen MR) is 88.2 cm³/mol. The number of rotatable bonds is 5. The molecule has 0 aliphatic carbocycles. The molecule has 2 aromatic carbocycles. The maximum atomic E-state index is 13.1. The van der Waals surface area contributed by atoms with Gasteiger partial charge in [-0.15, -0.1) is 0 Å². The Labute approximate surface area is 146 Å². The van der Waals surface area contributed by atoms with Crippen LogP contribution in [0.5, 0.6) is 17.2 Å². The lowest BCUT2D eigenvalue weighted by atomic mass is 10.3. The number of halogens is 5. The topological polar surface area (TPSA) is 18.5 Å². The normalized spacial score (nSPS) is 10.2. The molecular formula is C15H9Cl4FO2. The minimum atomic E-state index is -0.403. The Kier molecular flexibility index (Phi) is 6.21. The van der Waals surface area contributed by atoms with Crippen LogP contribution in [0, 0.1) is 5.82 Å². The first-order valence-electron chi connectivity index (χ1n) is 6.02. The van der Waals surface area contributed by atoms with Crippen LogP contribution < -0.4 is 9.47 Å². The highest BCUT2D eigenvalue weighted by molar-refractivity contribution is 6.55. The molecule has 0 fully saturated rings. The molecule has 2 nitrogen and oxygen atoms in total. The Bertz CT molecular complexity index is 677. The van der Waals surface area contributed by atoms with Gasteiger partial charge in [0.25, 0.3) is 0 Å². The van der Waals surface area contributed by atoms with Crippen molar-refractivity contribution in [3.05, 3.63) is 62.8 Å². The second kappa shape index (κ2) is 7.93. The average molecular weight is 382 g/mol. The van der Waals surface area contributed by atoms with Gasteiger partial charge in [-0.05, 0) is 18.2 Å². The molecule has 0 aromatic heterocycles. The van der Waals surface area contributed by atoms with Crippen LogP contribution in [-0.2, 0) is 0 Å². The van der Waals surface area contributed by atoms with E-state index in [1.165, 1.54) is 36.4 Å². The molecule has 0 N–H and O–H groups in total. The zero-order valence-electron chi connectivity index (χ0n) is 11.0. The van der Waals surface area contributed by atoms with Crippen LogP contribution in [0.2, 0.25) is 10.0 Å². The first kappa shape index (κ1) is 17.2. The Balaban J connectivity index is 2.17. The summed E-state index contributed by atoms with van der Waals surface area (Å²) in [6.07, 6.45) is 1.45. The smallest absolute Gasteiger partial charge is 0.157 e. The van der Waals surface area contributed by atoms with Crippen LogP contribution in [0.1, 0.15) is 0 Å². The van der Waals surface area contributed by atoms with Crippen molar-refractivity contribution in [3.8, 4) is 17.2 Å². The lowest BCUT2D eigenvalue weighted by molar-refractivity contribution is 0.362. The van der Waals surface area contributed by atoms with E-state index in [0.29, 0.717) is 11.5 Å². The zero-order chi connectivity index (χ0) is 16.1. The molecule has 0 aliphatic rings. The van der Waals surface area contributed by atoms with E-state index in [4.69, 9.17) is 55.9 Å². The van der Waals surface area contributed by atoms with Crippen molar-refractivity contribution < 1.29 is 13.9 Å². The maximum absolute atomic E-state index is 13.1. The summed E-state index contributed by atoms with van der Waals surface area (Å²) in [5.41, 5.74) is 0. The molecular weight excluding hydrogens is 373 g/mol. The summed E-state index contributed by atoms with van der Waals surface area (Å²) in [6.45, 7) is 0.117. The van der Waals surface area contributed by atoms with Crippen molar-refractivity contribution >= 4 is 46.4 Å². The number of hydrogen-bond acceptors (Lipinski definition) is 2. The van der Waals surface area contributed by atoms with Gasteiger partial charge in [0.2, 0.25) is 0 Å². The van der Waals surface area contributed by atoms with Gasteiger partial charge in [-0.3, -0.25) is 0 Å². The highest BCUT2D eigenvalue weighted by atomic mass is 35.5. The molecule has 22 heavy (non-hydrogen) atoms. The molecule has 0 unspecified atom stereocenters. The molecule has 2 rings (SSSR count). The number of hydrogen-bond donors (Lipinski definition) is 0. The minimum Gasteiger partial charge on any atom is -0.486 e. The summed E-state index contributed by atoms with van der Waals surface area (Å²) in [7, 11) is 0. The van der Waals surface area contributed by atoms with Gasteiger partial charge < -0.3 is 9.47 Å². The third kappa shape index (κ3) is 4.96. The fourth-order valence-electron chi connectivity index (χ4n) is 1.59. The molecule has 116 valence electrons. The lowest BCUT2D eigenvalue weighted by Crippen LogP contribution is -1.96. The van der Waals surface area contributed by atoms with Gasteiger partial charge in [-0.2, -0.15) is 0 Å². The second-order valence-electron chi connectivity index (χ2n) is 4.08. The van der Waals surface area contributed by atoms with E-state index in [9.17, 15) is 4.39 Å². The van der Waals surface area contributed by atoms with Gasteiger partial charge in [0, 0.05) is 18.2 Å². The first-order valence-corrected chi connectivity index (χ1v) is 7.53. The van der Waals surface area contributed by atoms with Crippen LogP contribution in [0.15, 0.2) is 47.0 Å². The summed E-state index contributed by atoms with van der Waals surface area (Å²) in [5.74, 6) is 0.566. The highest BCUT2D eigenvalue weighted by Crippen LogP contribution is 2.38. The third-order valence-electron chi connectivity index (χ3n) is 2.47. The van der Waals surface area contributed by atoms with E-state index in [1.807, 2.05) is 0 Å². The summed E-state index contributed by atoms with van der Waals surface area (Å²) < 4.78 is 24.1. The average Bonchev–Trinajstić information content (AvgIpc) is 2.41. The molecule has 7 heteroatoms. The van der Waals surface area contributed by atoms with Gasteiger partial charge in [-0.1, -0.05) is 52.5 Å². The third-order valence-corrected chi connectivity index (χ3v) is 3.34. The Morgan fingerprint density at radius 3 is 2.32 bits per heavy atom. The molecule has 2 aromatic rings. The molecule has 0 amide bonds. The van der Waals surface area contributed by atoms with Crippen molar-refractivity contribution in [2.24, 2.45) is 0 Å². The van der Waals surface area contributed by atoms with Gasteiger partial charge in [0.1, 0.15) is 28.4 Å². The van der Waals surface area contributed by atoms with Gasteiger partial charge in [-0.25, -0.2) is 4.39 Å². The van der Waals surface area contributed by atoms with Gasteiger partial charge >= 0.3 is 0 Å². The molecule has 0 heterocycles. The van der Waals surface area contributed by atoms with E-state index in [-0.39, 0.29) is 26.9 Å². The molecule has 0 atom stereocenters. The standard InChI is InChI=1S/C15H9Cl4FO2/c16-12-7-11(22-10-3-1-2-9(20)6-10)8-13(17)15(12)21-5-4-14(18)19/h1-4,6-8H,5H2. The summed E-state index contributed by atoms with van der Waals surface area (Å²) in [6, 6.07) is 8.74. The number of ether oxygens (including phenoxy) is 2. The van der Waals surface area contributed by atoms with Crippen molar-refractivity contribution in [2.75, 3.05) is 6.61 Å². The summed E-state index contributed by atoms with van der Waals surface area (Å²) in [5, 5.41) is 0.496. The second-order valence-corrected chi connectivity index (χ2v) is 5.90. The molecule has 0 saturated heterocycles. The van der Waals surface area contributed by atoms with Crippen molar-refractivity contribution in [1.29, 1.82) is 0 Å². The van der Waals surface area contributed by atoms with E-state index < -0.39 is 5.82 Å². The summed E-state index contributed by atoms with van der Waals surface area (Å²) >= 11 is 23.2.